The second-order valence-corrected chi connectivity index (χ2v) is 7.68. The Morgan fingerprint density at radius 2 is 2.25 bits per heavy atom. The summed E-state index contributed by atoms with van der Waals surface area (Å²) in [5.74, 6) is 2.00. The smallest absolute Gasteiger partial charge is 0.259 e. The number of carbonyl (C=O) groups is 1. The summed E-state index contributed by atoms with van der Waals surface area (Å²) >= 11 is 3.25. The molecule has 132 valence electrons. The molecule has 1 aliphatic rings. The van der Waals surface area contributed by atoms with Gasteiger partial charge in [0.25, 0.3) is 5.56 Å². The van der Waals surface area contributed by atoms with E-state index in [-0.39, 0.29) is 23.9 Å². The van der Waals surface area contributed by atoms with Gasteiger partial charge in [-0.05, 0) is 24.8 Å². The number of amides is 1. The van der Waals surface area contributed by atoms with Crippen LogP contribution in [0.15, 0.2) is 4.79 Å². The second-order valence-electron chi connectivity index (χ2n) is 5.49. The molecular weight excluding hydrogens is 368 g/mol. The third kappa shape index (κ3) is 4.30. The fraction of sp³-hybridized carbons (Fsp3) is 0.533. The summed E-state index contributed by atoms with van der Waals surface area (Å²) in [6.07, 6.45) is 3.65. The first-order valence-corrected chi connectivity index (χ1v) is 9.74. The highest BCUT2D eigenvalue weighted by Crippen LogP contribution is 2.34. The normalized spacial score (nSPS) is 12.9. The van der Waals surface area contributed by atoms with Crippen molar-refractivity contribution in [3.63, 3.8) is 0 Å². The van der Waals surface area contributed by atoms with E-state index in [1.165, 1.54) is 10.4 Å². The first-order valence-electron chi connectivity index (χ1n) is 7.77. The van der Waals surface area contributed by atoms with Crippen molar-refractivity contribution < 1.29 is 4.79 Å². The van der Waals surface area contributed by atoms with Crippen molar-refractivity contribution in [2.75, 3.05) is 18.8 Å². The van der Waals surface area contributed by atoms with E-state index in [4.69, 9.17) is 5.73 Å². The molecule has 0 radical (unpaired) electrons. The van der Waals surface area contributed by atoms with Crippen molar-refractivity contribution in [1.82, 2.24) is 15.3 Å². The molecule has 0 fully saturated rings. The third-order valence-corrected chi connectivity index (χ3v) is 5.96. The fourth-order valence-electron chi connectivity index (χ4n) is 2.75. The molecule has 2 aromatic rings. The number of thioether (sulfide) groups is 1. The number of hydrogen-bond donors (Lipinski definition) is 3. The number of thiophene rings is 1. The molecule has 0 aliphatic heterocycles. The summed E-state index contributed by atoms with van der Waals surface area (Å²) in [7, 11) is 0. The van der Waals surface area contributed by atoms with E-state index in [0.717, 1.165) is 29.5 Å². The molecule has 0 bridgehead atoms. The lowest BCUT2D eigenvalue weighted by Crippen LogP contribution is -2.29. The van der Waals surface area contributed by atoms with Crippen LogP contribution < -0.4 is 16.6 Å². The fourth-order valence-corrected chi connectivity index (χ4v) is 4.83. The predicted molar refractivity (Wildman–Crippen MR) is 102 cm³/mol. The highest BCUT2D eigenvalue weighted by Gasteiger charge is 2.20. The Morgan fingerprint density at radius 1 is 1.42 bits per heavy atom. The SMILES string of the molecule is Cl.NCCNC(=O)CCSCc1nc2sc3c(c2c(=O)[nH]1)CCC3. The van der Waals surface area contributed by atoms with Crippen molar-refractivity contribution in [1.29, 1.82) is 0 Å². The molecule has 3 rings (SSSR count). The molecule has 1 aliphatic carbocycles. The van der Waals surface area contributed by atoms with E-state index in [1.807, 2.05) is 0 Å². The van der Waals surface area contributed by atoms with Crippen LogP contribution in [0.2, 0.25) is 0 Å². The Balaban J connectivity index is 0.00000208. The van der Waals surface area contributed by atoms with Crippen molar-refractivity contribution in [3.8, 4) is 0 Å². The maximum Gasteiger partial charge on any atom is 0.259 e. The minimum atomic E-state index is -0.0225. The number of halogens is 1. The van der Waals surface area contributed by atoms with Gasteiger partial charge in [-0.15, -0.1) is 23.7 Å². The molecule has 2 heterocycles. The number of nitrogens with one attached hydrogen (secondary N) is 2. The Hall–Kier alpha value is -1.09. The molecule has 2 aromatic heterocycles. The molecule has 0 aromatic carbocycles. The monoisotopic (exact) mass is 388 g/mol. The molecule has 0 spiro atoms. The number of fused-ring (bicyclic) bond motifs is 3. The summed E-state index contributed by atoms with van der Waals surface area (Å²) in [5, 5.41) is 3.53. The van der Waals surface area contributed by atoms with Crippen LogP contribution >= 0.6 is 35.5 Å². The van der Waals surface area contributed by atoms with Crippen LogP contribution in [-0.2, 0) is 23.4 Å². The zero-order valence-corrected chi connectivity index (χ0v) is 15.7. The van der Waals surface area contributed by atoms with Crippen molar-refractivity contribution in [3.05, 3.63) is 26.6 Å². The minimum Gasteiger partial charge on any atom is -0.355 e. The van der Waals surface area contributed by atoms with Gasteiger partial charge in [-0.25, -0.2) is 4.98 Å². The molecule has 9 heteroatoms. The number of aromatic nitrogens is 2. The van der Waals surface area contributed by atoms with E-state index in [1.54, 1.807) is 23.1 Å². The van der Waals surface area contributed by atoms with Crippen molar-refractivity contribution in [2.24, 2.45) is 5.73 Å². The molecular formula is C15H21ClN4O2S2. The molecule has 0 unspecified atom stereocenters. The number of nitrogens with two attached hydrogens (primary N) is 1. The first kappa shape index (κ1) is 19.2. The van der Waals surface area contributed by atoms with Crippen LogP contribution in [0.3, 0.4) is 0 Å². The molecule has 0 atom stereocenters. The maximum atomic E-state index is 12.3. The number of aryl methyl sites for hydroxylation is 2. The molecule has 4 N–H and O–H groups in total. The van der Waals surface area contributed by atoms with E-state index < -0.39 is 0 Å². The predicted octanol–water partition coefficient (Wildman–Crippen LogP) is 1.59. The lowest BCUT2D eigenvalue weighted by atomic mass is 10.2. The Morgan fingerprint density at radius 3 is 3.04 bits per heavy atom. The molecule has 0 saturated heterocycles. The summed E-state index contributed by atoms with van der Waals surface area (Å²) in [4.78, 5) is 33.4. The summed E-state index contributed by atoms with van der Waals surface area (Å²) in [6.45, 7) is 0.965. The number of aromatic amines is 1. The zero-order chi connectivity index (χ0) is 16.2. The van der Waals surface area contributed by atoms with Gasteiger partial charge in [0, 0.05) is 30.1 Å². The van der Waals surface area contributed by atoms with Gasteiger partial charge in [0.05, 0.1) is 11.1 Å². The first-order chi connectivity index (χ1) is 11.2. The van der Waals surface area contributed by atoms with E-state index in [0.29, 0.717) is 36.8 Å². The average molecular weight is 389 g/mol. The number of H-pyrrole nitrogens is 1. The van der Waals surface area contributed by atoms with Gasteiger partial charge >= 0.3 is 0 Å². The van der Waals surface area contributed by atoms with Gasteiger partial charge in [-0.3, -0.25) is 9.59 Å². The lowest BCUT2D eigenvalue weighted by Gasteiger charge is -2.04. The maximum absolute atomic E-state index is 12.3. The van der Waals surface area contributed by atoms with Crippen LogP contribution in [-0.4, -0.2) is 34.7 Å². The number of hydrogen-bond acceptors (Lipinski definition) is 6. The van der Waals surface area contributed by atoms with Crippen LogP contribution in [0.1, 0.15) is 29.1 Å². The lowest BCUT2D eigenvalue weighted by molar-refractivity contribution is -0.120. The quantitative estimate of drug-likeness (QED) is 0.625. The molecule has 6 nitrogen and oxygen atoms in total. The Kier molecular flexibility index (Phi) is 7.09. The van der Waals surface area contributed by atoms with Gasteiger partial charge in [0.2, 0.25) is 5.91 Å². The van der Waals surface area contributed by atoms with Gasteiger partial charge in [-0.2, -0.15) is 11.8 Å². The summed E-state index contributed by atoms with van der Waals surface area (Å²) < 4.78 is 0. The number of rotatable bonds is 7. The topological polar surface area (TPSA) is 101 Å². The standard InChI is InChI=1S/C15H20N4O2S2.ClH/c16-5-6-17-12(20)4-7-22-8-11-18-14(21)13-9-2-1-3-10(9)23-15(13)19-11;/h1-8,16H2,(H,17,20)(H,18,19,21);1H. The van der Waals surface area contributed by atoms with E-state index >= 15 is 0 Å². The number of carbonyl (C=O) groups excluding carboxylic acids is 1. The average Bonchev–Trinajstić information content (AvgIpc) is 3.09. The zero-order valence-electron chi connectivity index (χ0n) is 13.2. The minimum absolute atomic E-state index is 0. The van der Waals surface area contributed by atoms with Gasteiger partial charge in [0.1, 0.15) is 10.7 Å². The van der Waals surface area contributed by atoms with Crippen LogP contribution in [0, 0.1) is 0 Å². The summed E-state index contributed by atoms with van der Waals surface area (Å²) in [5.41, 5.74) is 6.51. The Bertz CT molecular complexity index is 775. The molecule has 0 saturated carbocycles. The van der Waals surface area contributed by atoms with Crippen LogP contribution in [0.25, 0.3) is 10.2 Å². The van der Waals surface area contributed by atoms with Gasteiger partial charge in [-0.1, -0.05) is 0 Å². The third-order valence-electron chi connectivity index (χ3n) is 3.80. The molecule has 1 amide bonds. The van der Waals surface area contributed by atoms with E-state index in [2.05, 4.69) is 15.3 Å². The largest absolute Gasteiger partial charge is 0.355 e. The second kappa shape index (κ2) is 8.84. The number of nitrogens with zero attached hydrogens (tertiary/aromatic N) is 1. The van der Waals surface area contributed by atoms with Crippen LogP contribution in [0.4, 0.5) is 0 Å². The summed E-state index contributed by atoms with van der Waals surface area (Å²) in [6, 6.07) is 0. The van der Waals surface area contributed by atoms with Gasteiger partial charge in [0.15, 0.2) is 0 Å². The van der Waals surface area contributed by atoms with Crippen LogP contribution in [0.5, 0.6) is 0 Å². The molecule has 24 heavy (non-hydrogen) atoms. The van der Waals surface area contributed by atoms with Crippen molar-refractivity contribution >= 4 is 51.6 Å². The van der Waals surface area contributed by atoms with E-state index in [9.17, 15) is 9.59 Å². The highest BCUT2D eigenvalue weighted by atomic mass is 35.5. The highest BCUT2D eigenvalue weighted by molar-refractivity contribution is 7.98. The van der Waals surface area contributed by atoms with Crippen molar-refractivity contribution in [2.45, 2.75) is 31.4 Å². The Labute approximate surface area is 154 Å². The van der Waals surface area contributed by atoms with Gasteiger partial charge < -0.3 is 16.0 Å².